The molecule has 0 bridgehead atoms. The summed E-state index contributed by atoms with van der Waals surface area (Å²) in [5.41, 5.74) is 9.75. The summed E-state index contributed by atoms with van der Waals surface area (Å²) in [5.74, 6) is 8.09. The molecule has 22 heteroatoms. The van der Waals surface area contributed by atoms with Gasteiger partial charge >= 0.3 is 43.5 Å². The van der Waals surface area contributed by atoms with E-state index in [1.165, 1.54) is 74.5 Å². The number of ketones is 1. The minimum absolute atomic E-state index is 0. The van der Waals surface area contributed by atoms with Crippen molar-refractivity contribution in [2.75, 3.05) is 33.2 Å². The summed E-state index contributed by atoms with van der Waals surface area (Å²) in [6.07, 6.45) is -9.79. The van der Waals surface area contributed by atoms with Crippen LogP contribution in [-0.4, -0.2) is 46.8 Å². The molecule has 1 aliphatic rings. The first-order valence-corrected chi connectivity index (χ1v) is 26.7. The van der Waals surface area contributed by atoms with E-state index in [4.69, 9.17) is 46.8 Å². The van der Waals surface area contributed by atoms with Gasteiger partial charge in [-0.25, -0.2) is 4.79 Å². The second kappa shape index (κ2) is 49.5. The summed E-state index contributed by atoms with van der Waals surface area (Å²) in [4.78, 5) is 33.5. The minimum atomic E-state index is -4.90. The van der Waals surface area contributed by atoms with Crippen molar-refractivity contribution in [1.29, 1.82) is 0 Å². The molecular weight excluding hydrogens is 1140 g/mol. The molecule has 0 fully saturated rings. The van der Waals surface area contributed by atoms with E-state index in [9.17, 15) is 59.0 Å². The van der Waals surface area contributed by atoms with Gasteiger partial charge in [-0.2, -0.15) is 39.5 Å². The molecule has 6 rings (SSSR count). The summed E-state index contributed by atoms with van der Waals surface area (Å²) < 4.78 is 118. The Balaban J connectivity index is -0.000000168. The van der Waals surface area contributed by atoms with Crippen LogP contribution in [0.15, 0.2) is 133 Å². The van der Waals surface area contributed by atoms with Crippen LogP contribution in [0.2, 0.25) is 0 Å². The van der Waals surface area contributed by atoms with Crippen LogP contribution in [0.3, 0.4) is 0 Å². The minimum Gasteiger partial charge on any atom is -0.694 e. The average molecular weight is 1230 g/mol. The van der Waals surface area contributed by atoms with Crippen molar-refractivity contribution in [3.63, 3.8) is 0 Å². The third-order valence-corrected chi connectivity index (χ3v) is 8.53. The maximum absolute atomic E-state index is 13.2. The van der Waals surface area contributed by atoms with Crippen molar-refractivity contribution in [3.05, 3.63) is 157 Å². The van der Waals surface area contributed by atoms with Gasteiger partial charge in [0, 0.05) is 39.3 Å². The molecule has 2 amide bonds. The number of cyclic esters (lactones) is 1. The Kier molecular flexibility index (Phi) is 53.6. The maximum atomic E-state index is 13.2. The number of carbonyl (C=O) groups is 3. The second-order valence-corrected chi connectivity index (χ2v) is 15.8. The number of nitrogens with two attached hydrogens (primary N) is 3. The SMILES string of the molecule is CC.CC.CC.CC.CC.CC#CC(O)(c1ccccc1N)C(F)(F)F.CC#CC1(C(F)(F)F)OC(=O)Nc2ccccc21.CC(C)(C)C(=O)Nc1ccccc1.ClCCl.Nc1ccccc1.Nc1ccccc1C(=O)C(F)(F)F.[C-]#CC.[Li+]. The van der Waals surface area contributed by atoms with Gasteiger partial charge in [-0.05, 0) is 75.2 Å². The van der Waals surface area contributed by atoms with E-state index >= 15 is 0 Å². The number of para-hydroxylation sites is 5. The molecule has 5 aromatic rings. The van der Waals surface area contributed by atoms with Crippen molar-refractivity contribution in [2.45, 2.75) is 141 Å². The Morgan fingerprint density at radius 3 is 1.39 bits per heavy atom. The molecule has 1 heterocycles. The van der Waals surface area contributed by atoms with Crippen molar-refractivity contribution in [3.8, 4) is 29.6 Å². The van der Waals surface area contributed by atoms with Crippen molar-refractivity contribution >= 4 is 69.4 Å². The fourth-order valence-corrected chi connectivity index (χ4v) is 5.23. The zero-order valence-corrected chi connectivity index (χ0v) is 52.4. The van der Waals surface area contributed by atoms with E-state index in [1.807, 2.05) is 163 Å². The number of nitrogens with one attached hydrogen (secondary N) is 2. The van der Waals surface area contributed by atoms with Crippen LogP contribution in [0.4, 0.5) is 72.7 Å². The second-order valence-electron chi connectivity index (χ2n) is 15.0. The van der Waals surface area contributed by atoms with E-state index < -0.39 is 52.7 Å². The van der Waals surface area contributed by atoms with Gasteiger partial charge in [-0.1, -0.05) is 181 Å². The van der Waals surface area contributed by atoms with Gasteiger partial charge in [0.1, 0.15) is 0 Å². The van der Waals surface area contributed by atoms with Crippen molar-refractivity contribution in [2.24, 2.45) is 5.41 Å². The van der Waals surface area contributed by atoms with E-state index in [0.29, 0.717) is 0 Å². The van der Waals surface area contributed by atoms with Crippen LogP contribution in [0.25, 0.3) is 0 Å². The van der Waals surface area contributed by atoms with Crippen LogP contribution in [0.5, 0.6) is 0 Å². The molecule has 0 spiro atoms. The Labute approximate surface area is 514 Å². The molecule has 0 aliphatic carbocycles. The molecule has 5 aromatic carbocycles. The summed E-state index contributed by atoms with van der Waals surface area (Å²) >= 11 is 9.53. The molecule has 0 radical (unpaired) electrons. The predicted molar refractivity (Wildman–Crippen MR) is 325 cm³/mol. The van der Waals surface area contributed by atoms with Gasteiger partial charge in [0.25, 0.3) is 11.4 Å². The fraction of sp³-hybridized carbons (Fsp3) is 0.371. The van der Waals surface area contributed by atoms with Crippen molar-refractivity contribution < 1.29 is 82.6 Å². The summed E-state index contributed by atoms with van der Waals surface area (Å²) in [6, 6.07) is 34.8. The Bertz CT molecular complexity index is 2700. The number of rotatable bonds is 3. The smallest absolute Gasteiger partial charge is 0.694 e. The molecule has 0 aromatic heterocycles. The van der Waals surface area contributed by atoms with Crippen molar-refractivity contribution in [1.82, 2.24) is 0 Å². The first kappa shape index (κ1) is 90.9. The number of anilines is 5. The van der Waals surface area contributed by atoms with E-state index in [1.54, 1.807) is 12.8 Å². The summed E-state index contributed by atoms with van der Waals surface area (Å²) in [6.45, 7) is 29.7. The number of hydrogen-bond donors (Lipinski definition) is 6. The molecule has 0 saturated carbocycles. The van der Waals surface area contributed by atoms with Gasteiger partial charge in [0.15, 0.2) is 0 Å². The number of benzene rings is 5. The number of ether oxygens (including phenoxy) is 1. The largest absolute Gasteiger partial charge is 1.00 e. The molecule has 462 valence electrons. The number of fused-ring (bicyclic) bond motifs is 1. The molecule has 10 nitrogen and oxygen atoms in total. The van der Waals surface area contributed by atoms with E-state index in [2.05, 4.69) is 27.2 Å². The van der Waals surface area contributed by atoms with Crippen LogP contribution in [0, 0.1) is 41.4 Å². The summed E-state index contributed by atoms with van der Waals surface area (Å²) in [7, 11) is 0. The number of nitrogen functional groups attached to an aromatic ring is 3. The quantitative estimate of drug-likeness (QED) is 0.0196. The van der Waals surface area contributed by atoms with Crippen LogP contribution < -0.4 is 46.7 Å². The third kappa shape index (κ3) is 34.6. The van der Waals surface area contributed by atoms with Crippen LogP contribution >= 0.6 is 23.2 Å². The van der Waals surface area contributed by atoms with E-state index in [0.717, 1.165) is 23.5 Å². The average Bonchev–Trinajstić information content (AvgIpc) is 3.46. The topological polar surface area (TPSA) is 183 Å². The Morgan fingerprint density at radius 2 is 1.04 bits per heavy atom. The molecule has 9 N–H and O–H groups in total. The maximum Gasteiger partial charge on any atom is 1.00 e. The number of Topliss-reactive ketones (excluding diaryl/α,β-unsaturated/α-hetero) is 1. The molecule has 1 aliphatic heterocycles. The van der Waals surface area contributed by atoms with Crippen LogP contribution in [-0.2, 0) is 20.7 Å². The number of alkyl halides is 11. The first-order chi connectivity index (χ1) is 38.9. The number of hydrogen-bond acceptors (Lipinski definition) is 8. The third-order valence-electron chi connectivity index (χ3n) is 8.53. The van der Waals surface area contributed by atoms with Gasteiger partial charge in [-0.15, -0.1) is 35.0 Å². The zero-order chi connectivity index (χ0) is 66.3. The number of aliphatic hydroxyl groups is 1. The molecule has 0 saturated heterocycles. The normalized spacial score (nSPS) is 12.4. The zero-order valence-electron chi connectivity index (χ0n) is 50.9. The molecular formula is C62H81Cl2F9LiN5O5. The van der Waals surface area contributed by atoms with Gasteiger partial charge in [0.05, 0.1) is 16.6 Å². The number of halogens is 11. The van der Waals surface area contributed by atoms with E-state index in [-0.39, 0.29) is 58.1 Å². The fourth-order valence-electron chi connectivity index (χ4n) is 5.23. The molecule has 2 unspecified atom stereocenters. The Hall–Kier alpha value is -6.90. The van der Waals surface area contributed by atoms with Gasteiger partial charge in [-0.3, -0.25) is 14.9 Å². The number of amides is 2. The monoisotopic (exact) mass is 1220 g/mol. The molecule has 84 heavy (non-hydrogen) atoms. The molecule has 2 atom stereocenters. The standard InChI is InChI=1S/C12H8F3NO2.C11H10F3NO.C11H15NO.C8H6F3NO.C6H7N.C3H3.5C2H6.CH2Cl2.Li/c1-2-7-11(12(13,14)15)8-5-3-4-6-9(8)16-10(17)18-11;1-2-7-10(16,11(12,13)14)8-5-3-4-6-9(8)15;1-11(2,3)10(13)12-9-7-5-4-6-8-9;9-8(10,11)7(13)5-3-1-2-4-6(5)12;7-6-4-2-1-3-5-6;1-3-2;5*1-2;2-1-3;/h3-6H,1H3,(H,16,17);3-6,16H,15H2,1H3;4-8H,1-3H3,(H,12,13);1-4H,12H2;1-5H,7H2;1H3;5*1-2H3;1H2;/q;;;;;-1;;;;;;;+1. The van der Waals surface area contributed by atoms with Crippen LogP contribution in [0.1, 0.15) is 132 Å². The predicted octanol–water partition coefficient (Wildman–Crippen LogP) is 15.2. The number of carbonyl (C=O) groups excluding carboxylic acids is 3. The Morgan fingerprint density at radius 1 is 0.643 bits per heavy atom. The van der Waals surface area contributed by atoms with Gasteiger partial charge < -0.3 is 44.7 Å². The summed E-state index contributed by atoms with van der Waals surface area (Å²) in [5, 5.41) is 14.9. The van der Waals surface area contributed by atoms with Gasteiger partial charge in [0.2, 0.25) is 11.5 Å². The first-order valence-electron chi connectivity index (χ1n) is 25.6.